The van der Waals surface area contributed by atoms with Gasteiger partial charge in [-0.2, -0.15) is 0 Å². The van der Waals surface area contributed by atoms with Crippen molar-refractivity contribution in [2.45, 2.75) is 57.8 Å². The highest BCUT2D eigenvalue weighted by atomic mass is 16.3. The topological polar surface area (TPSA) is 20.2 Å². The Bertz CT molecular complexity index is 330. The number of para-hydroxylation sites is 1. The second-order valence-corrected chi connectivity index (χ2v) is 4.93. The van der Waals surface area contributed by atoms with Gasteiger partial charge in [-0.1, -0.05) is 56.4 Å². The van der Waals surface area contributed by atoms with Crippen LogP contribution in [0.15, 0.2) is 36.9 Å². The van der Waals surface area contributed by atoms with Crippen LogP contribution in [0.4, 0.5) is 0 Å². The fourth-order valence-electron chi connectivity index (χ4n) is 2.21. The zero-order valence-corrected chi connectivity index (χ0v) is 11.4. The zero-order chi connectivity index (χ0) is 13.1. The SMILES string of the molecule is C=CCCCCCCCCCc1ccccc1O. The second kappa shape index (κ2) is 9.76. The Kier molecular flexibility index (Phi) is 8.03. The maximum Gasteiger partial charge on any atom is 0.118 e. The molecule has 0 spiro atoms. The molecule has 1 rings (SSSR count). The van der Waals surface area contributed by atoms with Crippen LogP contribution in [-0.2, 0) is 6.42 Å². The molecule has 0 atom stereocenters. The van der Waals surface area contributed by atoms with Gasteiger partial charge in [-0.25, -0.2) is 0 Å². The molecular weight excluding hydrogens is 220 g/mol. The summed E-state index contributed by atoms with van der Waals surface area (Å²) in [6.07, 6.45) is 13.3. The van der Waals surface area contributed by atoms with Gasteiger partial charge in [0.05, 0.1) is 0 Å². The first-order chi connectivity index (χ1) is 8.84. The van der Waals surface area contributed by atoms with Crippen LogP contribution in [0.25, 0.3) is 0 Å². The molecule has 1 nitrogen and oxygen atoms in total. The van der Waals surface area contributed by atoms with Crippen molar-refractivity contribution in [3.8, 4) is 5.75 Å². The van der Waals surface area contributed by atoms with E-state index in [9.17, 15) is 5.11 Å². The van der Waals surface area contributed by atoms with E-state index < -0.39 is 0 Å². The third-order valence-electron chi connectivity index (χ3n) is 3.35. The van der Waals surface area contributed by atoms with Gasteiger partial charge >= 0.3 is 0 Å². The summed E-state index contributed by atoms with van der Waals surface area (Å²) in [7, 11) is 0. The molecule has 0 unspecified atom stereocenters. The van der Waals surface area contributed by atoms with Crippen molar-refractivity contribution in [3.63, 3.8) is 0 Å². The Hall–Kier alpha value is -1.24. The molecule has 0 amide bonds. The second-order valence-electron chi connectivity index (χ2n) is 4.93. The number of aromatic hydroxyl groups is 1. The van der Waals surface area contributed by atoms with Crippen LogP contribution in [0.2, 0.25) is 0 Å². The van der Waals surface area contributed by atoms with E-state index in [1.54, 1.807) is 6.07 Å². The van der Waals surface area contributed by atoms with Crippen LogP contribution >= 0.6 is 0 Å². The van der Waals surface area contributed by atoms with Gasteiger partial charge in [-0.05, 0) is 37.3 Å². The zero-order valence-electron chi connectivity index (χ0n) is 11.4. The summed E-state index contributed by atoms with van der Waals surface area (Å²) in [5.41, 5.74) is 1.09. The normalized spacial score (nSPS) is 10.4. The first-order valence-corrected chi connectivity index (χ1v) is 7.22. The number of hydrogen-bond acceptors (Lipinski definition) is 1. The molecule has 0 saturated carbocycles. The van der Waals surface area contributed by atoms with Gasteiger partial charge in [0.2, 0.25) is 0 Å². The minimum Gasteiger partial charge on any atom is -0.508 e. The lowest BCUT2D eigenvalue weighted by atomic mass is 10.0. The highest BCUT2D eigenvalue weighted by Gasteiger charge is 1.99. The lowest BCUT2D eigenvalue weighted by molar-refractivity contribution is 0.466. The molecule has 1 heteroatoms. The predicted molar refractivity (Wildman–Crippen MR) is 78.9 cm³/mol. The quantitative estimate of drug-likeness (QED) is 0.442. The molecule has 0 aliphatic heterocycles. The molecule has 1 aromatic rings. The molecule has 0 saturated heterocycles. The molecule has 0 radical (unpaired) electrons. The van der Waals surface area contributed by atoms with Crippen LogP contribution in [0.3, 0.4) is 0 Å². The van der Waals surface area contributed by atoms with Gasteiger partial charge in [0.1, 0.15) is 5.75 Å². The van der Waals surface area contributed by atoms with E-state index in [4.69, 9.17) is 0 Å². The van der Waals surface area contributed by atoms with Crippen LogP contribution < -0.4 is 0 Å². The Balaban J connectivity index is 1.96. The number of hydrogen-bond donors (Lipinski definition) is 1. The van der Waals surface area contributed by atoms with Crippen LogP contribution in [-0.4, -0.2) is 5.11 Å². The van der Waals surface area contributed by atoms with Crippen molar-refractivity contribution < 1.29 is 5.11 Å². The molecule has 0 aromatic heterocycles. The van der Waals surface area contributed by atoms with E-state index in [0.717, 1.165) is 18.4 Å². The number of phenolic OH excluding ortho intramolecular Hbond substituents is 1. The third kappa shape index (κ3) is 6.48. The third-order valence-corrected chi connectivity index (χ3v) is 3.35. The van der Waals surface area contributed by atoms with Crippen LogP contribution in [0, 0.1) is 0 Å². The molecule has 0 bridgehead atoms. The molecule has 1 aromatic carbocycles. The Morgan fingerprint density at radius 1 is 0.889 bits per heavy atom. The number of phenols is 1. The number of aryl methyl sites for hydroxylation is 1. The highest BCUT2D eigenvalue weighted by Crippen LogP contribution is 2.18. The Labute approximate surface area is 112 Å². The minimum atomic E-state index is 0.446. The summed E-state index contributed by atoms with van der Waals surface area (Å²) in [6, 6.07) is 7.66. The van der Waals surface area contributed by atoms with E-state index in [2.05, 4.69) is 6.58 Å². The summed E-state index contributed by atoms with van der Waals surface area (Å²) >= 11 is 0. The standard InChI is InChI=1S/C17H26O/c1-2-3-4-5-6-7-8-9-10-13-16-14-11-12-15-17(16)18/h2,11-12,14-15,18H,1,3-10,13H2. The average molecular weight is 246 g/mol. The number of allylic oxidation sites excluding steroid dienone is 1. The van der Waals surface area contributed by atoms with Gasteiger partial charge < -0.3 is 5.11 Å². The summed E-state index contributed by atoms with van der Waals surface area (Å²) < 4.78 is 0. The fourth-order valence-corrected chi connectivity index (χ4v) is 2.21. The molecule has 0 aliphatic rings. The van der Waals surface area contributed by atoms with Gasteiger partial charge in [-0.15, -0.1) is 6.58 Å². The highest BCUT2D eigenvalue weighted by molar-refractivity contribution is 5.31. The largest absolute Gasteiger partial charge is 0.508 e. The Morgan fingerprint density at radius 2 is 1.50 bits per heavy atom. The van der Waals surface area contributed by atoms with Gasteiger partial charge in [0.15, 0.2) is 0 Å². The van der Waals surface area contributed by atoms with Crippen molar-refractivity contribution in [3.05, 3.63) is 42.5 Å². The number of benzene rings is 1. The lowest BCUT2D eigenvalue weighted by Crippen LogP contribution is -1.87. The Morgan fingerprint density at radius 3 is 2.17 bits per heavy atom. The molecule has 0 heterocycles. The van der Waals surface area contributed by atoms with Gasteiger partial charge in [0.25, 0.3) is 0 Å². The lowest BCUT2D eigenvalue weighted by Gasteiger charge is -2.04. The molecule has 18 heavy (non-hydrogen) atoms. The predicted octanol–water partition coefficient (Wildman–Crippen LogP) is 5.24. The van der Waals surface area contributed by atoms with E-state index in [0.29, 0.717) is 5.75 Å². The maximum atomic E-state index is 9.63. The van der Waals surface area contributed by atoms with E-state index in [1.807, 2.05) is 24.3 Å². The molecule has 0 aliphatic carbocycles. The molecule has 0 fully saturated rings. The van der Waals surface area contributed by atoms with Crippen molar-refractivity contribution in [1.29, 1.82) is 0 Å². The summed E-state index contributed by atoms with van der Waals surface area (Å²) in [5, 5.41) is 9.63. The molecular formula is C17H26O. The smallest absolute Gasteiger partial charge is 0.118 e. The number of rotatable bonds is 10. The van der Waals surface area contributed by atoms with Crippen molar-refractivity contribution >= 4 is 0 Å². The number of unbranched alkanes of at least 4 members (excludes halogenated alkanes) is 7. The summed E-state index contributed by atoms with van der Waals surface area (Å²) in [6.45, 7) is 3.73. The minimum absolute atomic E-state index is 0.446. The maximum absolute atomic E-state index is 9.63. The van der Waals surface area contributed by atoms with Gasteiger partial charge in [0, 0.05) is 0 Å². The van der Waals surface area contributed by atoms with Gasteiger partial charge in [-0.3, -0.25) is 0 Å². The first kappa shape index (κ1) is 14.8. The van der Waals surface area contributed by atoms with Crippen molar-refractivity contribution in [2.75, 3.05) is 0 Å². The average Bonchev–Trinajstić information content (AvgIpc) is 2.39. The molecule has 100 valence electrons. The summed E-state index contributed by atoms with van der Waals surface area (Å²) in [5.74, 6) is 0.446. The van der Waals surface area contributed by atoms with E-state index in [1.165, 1.54) is 44.9 Å². The van der Waals surface area contributed by atoms with E-state index >= 15 is 0 Å². The first-order valence-electron chi connectivity index (χ1n) is 7.22. The van der Waals surface area contributed by atoms with Crippen molar-refractivity contribution in [2.24, 2.45) is 0 Å². The summed E-state index contributed by atoms with van der Waals surface area (Å²) in [4.78, 5) is 0. The van der Waals surface area contributed by atoms with Crippen LogP contribution in [0.5, 0.6) is 5.75 Å². The van der Waals surface area contributed by atoms with E-state index in [-0.39, 0.29) is 0 Å². The fraction of sp³-hybridized carbons (Fsp3) is 0.529. The van der Waals surface area contributed by atoms with Crippen LogP contribution in [0.1, 0.15) is 56.9 Å². The monoisotopic (exact) mass is 246 g/mol. The van der Waals surface area contributed by atoms with Crippen molar-refractivity contribution in [1.82, 2.24) is 0 Å². The molecule has 1 N–H and O–H groups in total.